The number of aromatic carboxylic acids is 1. The lowest BCUT2D eigenvalue weighted by Gasteiger charge is -2.25. The van der Waals surface area contributed by atoms with Gasteiger partial charge in [0.15, 0.2) is 11.2 Å². The highest BCUT2D eigenvalue weighted by Gasteiger charge is 2.17. The van der Waals surface area contributed by atoms with Crippen molar-refractivity contribution in [3.05, 3.63) is 64.7 Å². The van der Waals surface area contributed by atoms with E-state index in [1.807, 2.05) is 30.3 Å². The zero-order valence-corrected chi connectivity index (χ0v) is 17.4. The Kier molecular flexibility index (Phi) is 5.18. The van der Waals surface area contributed by atoms with E-state index < -0.39 is 5.97 Å². The van der Waals surface area contributed by atoms with Crippen molar-refractivity contribution in [2.75, 3.05) is 5.32 Å². The van der Waals surface area contributed by atoms with Gasteiger partial charge >= 0.3 is 5.97 Å². The second-order valence-corrected chi connectivity index (χ2v) is 8.14. The van der Waals surface area contributed by atoms with Gasteiger partial charge in [0.25, 0.3) is 5.56 Å². The van der Waals surface area contributed by atoms with Crippen LogP contribution in [0.5, 0.6) is 0 Å². The molecule has 2 aromatic heterocycles. The summed E-state index contributed by atoms with van der Waals surface area (Å²) in [6, 6.07) is 13.1. The van der Waals surface area contributed by atoms with Crippen LogP contribution in [0.2, 0.25) is 0 Å². The molecule has 0 bridgehead atoms. The van der Waals surface area contributed by atoms with E-state index >= 15 is 0 Å². The molecule has 0 amide bonds. The van der Waals surface area contributed by atoms with E-state index in [1.54, 1.807) is 12.1 Å². The number of hydrogen-bond acceptors (Lipinski definition) is 5. The molecular weight excluding hydrogens is 406 g/mol. The largest absolute Gasteiger partial charge is 0.478 e. The average Bonchev–Trinajstić information content (AvgIpc) is 3.29. The van der Waals surface area contributed by atoms with Gasteiger partial charge < -0.3 is 20.4 Å². The normalized spacial score (nSPS) is 14.5. The number of imidazole rings is 1. The fourth-order valence-corrected chi connectivity index (χ4v) is 4.30. The van der Waals surface area contributed by atoms with Crippen LogP contribution in [0.4, 0.5) is 5.69 Å². The number of rotatable bonds is 5. The molecule has 0 radical (unpaired) electrons. The van der Waals surface area contributed by atoms with Gasteiger partial charge in [0, 0.05) is 22.9 Å². The molecule has 162 valence electrons. The molecule has 1 saturated carbocycles. The minimum Gasteiger partial charge on any atom is -0.478 e. The number of carboxylic acids is 1. The van der Waals surface area contributed by atoms with E-state index in [2.05, 4.69) is 25.3 Å². The second-order valence-electron chi connectivity index (χ2n) is 8.14. The zero-order valence-electron chi connectivity index (χ0n) is 17.4. The summed E-state index contributed by atoms with van der Waals surface area (Å²) in [6.45, 7) is 0. The Morgan fingerprint density at radius 2 is 1.78 bits per heavy atom. The van der Waals surface area contributed by atoms with E-state index in [1.165, 1.54) is 25.6 Å². The molecule has 0 spiro atoms. The molecule has 0 atom stereocenters. The Morgan fingerprint density at radius 3 is 2.53 bits per heavy atom. The van der Waals surface area contributed by atoms with Crippen LogP contribution in [-0.2, 0) is 0 Å². The maximum absolute atomic E-state index is 12.4. The summed E-state index contributed by atoms with van der Waals surface area (Å²) in [5.74, 6) is -0.483. The van der Waals surface area contributed by atoms with Crippen LogP contribution in [0.25, 0.3) is 33.7 Å². The maximum Gasteiger partial charge on any atom is 0.335 e. The van der Waals surface area contributed by atoms with Gasteiger partial charge in [-0.1, -0.05) is 43.5 Å². The first kappa shape index (κ1) is 20.0. The maximum atomic E-state index is 12.4. The van der Waals surface area contributed by atoms with Gasteiger partial charge in [0.05, 0.1) is 11.9 Å². The molecule has 2 aromatic carbocycles. The smallest absolute Gasteiger partial charge is 0.335 e. The van der Waals surface area contributed by atoms with Crippen LogP contribution in [-0.4, -0.2) is 37.1 Å². The summed E-state index contributed by atoms with van der Waals surface area (Å²) >= 11 is 0. The van der Waals surface area contributed by atoms with Crippen LogP contribution in [0.1, 0.15) is 42.5 Å². The number of H-pyrrole nitrogens is 2. The van der Waals surface area contributed by atoms with Crippen molar-refractivity contribution in [2.45, 2.75) is 38.1 Å². The summed E-state index contributed by atoms with van der Waals surface area (Å²) in [5, 5.41) is 12.9. The van der Waals surface area contributed by atoms with Crippen LogP contribution >= 0.6 is 0 Å². The fraction of sp³-hybridized carbons (Fsp3) is 0.250. The summed E-state index contributed by atoms with van der Waals surface area (Å²) < 4.78 is 0. The Bertz CT molecular complexity index is 1330. The van der Waals surface area contributed by atoms with Crippen molar-refractivity contribution >= 4 is 22.8 Å². The third kappa shape index (κ3) is 3.87. The fourth-order valence-electron chi connectivity index (χ4n) is 4.30. The van der Waals surface area contributed by atoms with Gasteiger partial charge in [0.2, 0.25) is 0 Å². The van der Waals surface area contributed by atoms with Gasteiger partial charge in [-0.05, 0) is 36.6 Å². The molecule has 0 unspecified atom stereocenters. The predicted octanol–water partition coefficient (Wildman–Crippen LogP) is 4.42. The highest BCUT2D eigenvalue weighted by Crippen LogP contribution is 2.34. The Labute approximate surface area is 183 Å². The zero-order chi connectivity index (χ0) is 22.1. The van der Waals surface area contributed by atoms with Gasteiger partial charge in [0.1, 0.15) is 5.82 Å². The van der Waals surface area contributed by atoms with Gasteiger partial charge in [-0.15, -0.1) is 0 Å². The standard InChI is InChI=1S/C24H23N5O3/c30-23-20-22(26-13-25-20)28-21(29-23)16-10-11-18(14-6-8-15(9-7-14)24(31)32)19(12-16)27-17-4-2-1-3-5-17/h6-13,17,27H,1-5H2,(H,31,32)(H2,25,26,28,29,30). The number of fused-ring (bicyclic) bond motifs is 1. The molecule has 8 heteroatoms. The van der Waals surface area contributed by atoms with Crippen molar-refractivity contribution in [1.29, 1.82) is 0 Å². The number of anilines is 1. The van der Waals surface area contributed by atoms with Crippen LogP contribution < -0.4 is 10.9 Å². The van der Waals surface area contributed by atoms with Gasteiger partial charge in [-0.25, -0.2) is 14.8 Å². The molecule has 1 fully saturated rings. The third-order valence-corrected chi connectivity index (χ3v) is 5.99. The predicted molar refractivity (Wildman–Crippen MR) is 123 cm³/mol. The molecule has 5 rings (SSSR count). The summed E-state index contributed by atoms with van der Waals surface area (Å²) in [6.07, 6.45) is 7.33. The van der Waals surface area contributed by atoms with Crippen molar-refractivity contribution in [1.82, 2.24) is 19.9 Å². The molecule has 32 heavy (non-hydrogen) atoms. The van der Waals surface area contributed by atoms with Crippen LogP contribution in [0, 0.1) is 0 Å². The first-order valence-electron chi connectivity index (χ1n) is 10.8. The lowest BCUT2D eigenvalue weighted by atomic mass is 9.94. The molecule has 1 aliphatic carbocycles. The number of benzene rings is 2. The molecule has 8 nitrogen and oxygen atoms in total. The summed E-state index contributed by atoms with van der Waals surface area (Å²) in [4.78, 5) is 37.8. The van der Waals surface area contributed by atoms with E-state index in [-0.39, 0.29) is 16.6 Å². The molecule has 1 aliphatic rings. The lowest BCUT2D eigenvalue weighted by molar-refractivity contribution is 0.0697. The lowest BCUT2D eigenvalue weighted by Crippen LogP contribution is -2.22. The Hall–Kier alpha value is -3.94. The van der Waals surface area contributed by atoms with Gasteiger partial charge in [-0.3, -0.25) is 4.79 Å². The number of aromatic nitrogens is 4. The Balaban J connectivity index is 1.58. The number of carboxylic acid groups (broad SMARTS) is 1. The number of carbonyl (C=O) groups is 1. The van der Waals surface area contributed by atoms with Crippen molar-refractivity contribution < 1.29 is 9.90 Å². The summed E-state index contributed by atoms with van der Waals surface area (Å²) in [5.41, 5.74) is 4.30. The first-order chi connectivity index (χ1) is 15.6. The van der Waals surface area contributed by atoms with E-state index in [0.717, 1.165) is 35.2 Å². The average molecular weight is 429 g/mol. The highest BCUT2D eigenvalue weighted by molar-refractivity contribution is 5.89. The number of nitrogens with zero attached hydrogens (tertiary/aromatic N) is 2. The van der Waals surface area contributed by atoms with Crippen LogP contribution in [0.3, 0.4) is 0 Å². The molecule has 0 saturated heterocycles. The van der Waals surface area contributed by atoms with E-state index in [4.69, 9.17) is 0 Å². The SMILES string of the molecule is O=C(O)c1ccc(-c2ccc(-c3nc4[nH]cnc4c(=O)[nH]3)cc2NC2CCCCC2)cc1. The minimum atomic E-state index is -0.948. The monoisotopic (exact) mass is 429 g/mol. The summed E-state index contributed by atoms with van der Waals surface area (Å²) in [7, 11) is 0. The van der Waals surface area contributed by atoms with E-state index in [9.17, 15) is 14.7 Å². The van der Waals surface area contributed by atoms with Crippen LogP contribution in [0.15, 0.2) is 53.6 Å². The first-order valence-corrected chi connectivity index (χ1v) is 10.8. The van der Waals surface area contributed by atoms with Crippen molar-refractivity contribution in [3.63, 3.8) is 0 Å². The number of nitrogens with one attached hydrogen (secondary N) is 3. The second kappa shape index (κ2) is 8.30. The Morgan fingerprint density at radius 1 is 1.03 bits per heavy atom. The van der Waals surface area contributed by atoms with Gasteiger partial charge in [-0.2, -0.15) is 0 Å². The highest BCUT2D eigenvalue weighted by atomic mass is 16.4. The minimum absolute atomic E-state index is 0.252. The third-order valence-electron chi connectivity index (χ3n) is 5.99. The molecular formula is C24H23N5O3. The molecule has 4 aromatic rings. The van der Waals surface area contributed by atoms with Crippen molar-refractivity contribution in [2.24, 2.45) is 0 Å². The molecule has 4 N–H and O–H groups in total. The molecule has 2 heterocycles. The number of aromatic amines is 2. The topological polar surface area (TPSA) is 124 Å². The van der Waals surface area contributed by atoms with E-state index in [0.29, 0.717) is 17.5 Å². The quantitative estimate of drug-likeness (QED) is 0.372. The molecule has 0 aliphatic heterocycles. The van der Waals surface area contributed by atoms with Crippen molar-refractivity contribution in [3.8, 4) is 22.5 Å². The number of hydrogen-bond donors (Lipinski definition) is 4.